The summed E-state index contributed by atoms with van der Waals surface area (Å²) in [5.74, 6) is 2.60. The van der Waals surface area contributed by atoms with Crippen LogP contribution in [0.15, 0.2) is 11.6 Å². The van der Waals surface area contributed by atoms with Crippen LogP contribution >= 0.6 is 0 Å². The molecule has 5 fully saturated rings. The normalized spacial score (nSPS) is 48.3. The number of ether oxygens (including phenoxy) is 4. The topological polar surface area (TPSA) is 36.9 Å². The number of hydrogen-bond acceptors (Lipinski definition) is 4. The molecule has 26 heavy (non-hydrogen) atoms. The maximum absolute atomic E-state index is 6.26. The van der Waals surface area contributed by atoms with Crippen molar-refractivity contribution < 1.29 is 18.9 Å². The van der Waals surface area contributed by atoms with E-state index in [9.17, 15) is 0 Å². The molecule has 6 aliphatic rings. The van der Waals surface area contributed by atoms with E-state index in [4.69, 9.17) is 18.9 Å². The quantitative estimate of drug-likeness (QED) is 0.611. The Hall–Kier alpha value is -0.420. The van der Waals surface area contributed by atoms with Crippen LogP contribution in [0.25, 0.3) is 0 Å². The fraction of sp³-hybridized carbons (Fsp3) is 0.909. The number of hydrogen-bond donors (Lipinski definition) is 0. The Labute approximate surface area is 156 Å². The number of allylic oxidation sites excluding steroid dienone is 1. The van der Waals surface area contributed by atoms with E-state index < -0.39 is 0 Å². The molecule has 0 amide bonds. The van der Waals surface area contributed by atoms with E-state index in [1.54, 1.807) is 5.57 Å². The van der Waals surface area contributed by atoms with Gasteiger partial charge >= 0.3 is 0 Å². The lowest BCUT2D eigenvalue weighted by Gasteiger charge is -2.55. The molecule has 5 atom stereocenters. The van der Waals surface area contributed by atoms with Gasteiger partial charge in [-0.3, -0.25) is 0 Å². The molecule has 0 aromatic heterocycles. The van der Waals surface area contributed by atoms with Gasteiger partial charge in [-0.1, -0.05) is 12.5 Å². The SMILES string of the molecule is C[C@@]12CCC3C4CCC5(C=C4CCC3C1CCC21OCCO1)OCCO5. The average molecular weight is 360 g/mol. The standard InChI is InChI=1S/C22H32O4/c1-20-7-4-17-16-5-8-21(23-10-11-24-21)14-15(16)2-3-18(17)19(20)6-9-22(20)25-12-13-26-22/h14,16-19H,2-13H2,1H3/t16?,17?,18?,19?,20-/m1/s1. The molecule has 2 aliphatic heterocycles. The van der Waals surface area contributed by atoms with Gasteiger partial charge in [-0.05, 0) is 68.3 Å². The number of fused-ring (bicyclic) bond motifs is 6. The summed E-state index contributed by atoms with van der Waals surface area (Å²) >= 11 is 0. The van der Waals surface area contributed by atoms with Gasteiger partial charge in [0.15, 0.2) is 11.6 Å². The van der Waals surface area contributed by atoms with Crippen LogP contribution in [0.4, 0.5) is 0 Å². The summed E-state index contributed by atoms with van der Waals surface area (Å²) in [4.78, 5) is 0. The Bertz CT molecular complexity index is 616. The average Bonchev–Trinajstić information content (AvgIpc) is 3.37. The lowest BCUT2D eigenvalue weighted by atomic mass is 9.51. The molecule has 0 bridgehead atoms. The van der Waals surface area contributed by atoms with E-state index in [1.807, 2.05) is 0 Å². The first-order valence-electron chi connectivity index (χ1n) is 10.9. The second-order valence-electron chi connectivity index (χ2n) is 9.79. The molecule has 4 heteroatoms. The highest BCUT2D eigenvalue weighted by Crippen LogP contribution is 2.66. The van der Waals surface area contributed by atoms with Gasteiger partial charge in [0.1, 0.15) is 0 Å². The van der Waals surface area contributed by atoms with Gasteiger partial charge < -0.3 is 18.9 Å². The summed E-state index contributed by atoms with van der Waals surface area (Å²) < 4.78 is 24.5. The van der Waals surface area contributed by atoms with Crippen LogP contribution in [0.2, 0.25) is 0 Å². The molecule has 4 nitrogen and oxygen atoms in total. The molecule has 2 saturated heterocycles. The van der Waals surface area contributed by atoms with E-state index >= 15 is 0 Å². The molecule has 0 radical (unpaired) electrons. The van der Waals surface area contributed by atoms with Gasteiger partial charge in [0.2, 0.25) is 0 Å². The van der Waals surface area contributed by atoms with Crippen LogP contribution in [-0.4, -0.2) is 38.0 Å². The highest BCUT2D eigenvalue weighted by atomic mass is 16.7. The summed E-state index contributed by atoms with van der Waals surface area (Å²) in [5, 5.41) is 0. The van der Waals surface area contributed by atoms with Gasteiger partial charge in [-0.25, -0.2) is 0 Å². The third kappa shape index (κ3) is 2.05. The molecule has 0 N–H and O–H groups in total. The van der Waals surface area contributed by atoms with Crippen LogP contribution in [0.5, 0.6) is 0 Å². The molecule has 4 unspecified atom stereocenters. The fourth-order valence-corrected chi connectivity index (χ4v) is 7.90. The smallest absolute Gasteiger partial charge is 0.188 e. The van der Waals surface area contributed by atoms with Crippen molar-refractivity contribution in [1.82, 2.24) is 0 Å². The summed E-state index contributed by atoms with van der Waals surface area (Å²) in [5.41, 5.74) is 1.86. The van der Waals surface area contributed by atoms with Gasteiger partial charge in [0, 0.05) is 18.3 Å². The third-order valence-electron chi connectivity index (χ3n) is 9.04. The van der Waals surface area contributed by atoms with Crippen molar-refractivity contribution in [3.8, 4) is 0 Å². The molecule has 144 valence electrons. The first-order chi connectivity index (χ1) is 12.6. The Morgan fingerprint density at radius 2 is 1.58 bits per heavy atom. The van der Waals surface area contributed by atoms with Crippen LogP contribution in [0, 0.1) is 29.1 Å². The molecule has 0 aromatic carbocycles. The van der Waals surface area contributed by atoms with Crippen LogP contribution in [0.1, 0.15) is 58.3 Å². The fourth-order valence-electron chi connectivity index (χ4n) is 7.90. The van der Waals surface area contributed by atoms with E-state index in [1.165, 1.54) is 38.5 Å². The van der Waals surface area contributed by atoms with Crippen molar-refractivity contribution in [3.63, 3.8) is 0 Å². The second kappa shape index (κ2) is 5.56. The maximum Gasteiger partial charge on any atom is 0.188 e. The van der Waals surface area contributed by atoms with E-state index in [0.29, 0.717) is 0 Å². The minimum absolute atomic E-state index is 0.222. The molecular formula is C22H32O4. The van der Waals surface area contributed by atoms with Gasteiger partial charge in [-0.15, -0.1) is 0 Å². The lowest BCUT2D eigenvalue weighted by molar-refractivity contribution is -0.241. The predicted molar refractivity (Wildman–Crippen MR) is 96.4 cm³/mol. The zero-order valence-electron chi connectivity index (χ0n) is 16.0. The highest BCUT2D eigenvalue weighted by Gasteiger charge is 2.65. The summed E-state index contributed by atoms with van der Waals surface area (Å²) in [6, 6.07) is 0. The van der Waals surface area contributed by atoms with Crippen molar-refractivity contribution in [2.45, 2.75) is 69.9 Å². The molecular weight excluding hydrogens is 328 g/mol. The first kappa shape index (κ1) is 16.5. The van der Waals surface area contributed by atoms with E-state index in [0.717, 1.165) is 62.9 Å². The van der Waals surface area contributed by atoms with Crippen molar-refractivity contribution in [1.29, 1.82) is 0 Å². The van der Waals surface area contributed by atoms with Crippen molar-refractivity contribution in [2.75, 3.05) is 26.4 Å². The third-order valence-corrected chi connectivity index (χ3v) is 9.04. The Balaban J connectivity index is 1.28. The zero-order valence-corrected chi connectivity index (χ0v) is 16.0. The van der Waals surface area contributed by atoms with Gasteiger partial charge in [-0.2, -0.15) is 0 Å². The monoisotopic (exact) mass is 360 g/mol. The minimum Gasteiger partial charge on any atom is -0.347 e. The lowest BCUT2D eigenvalue weighted by Crippen LogP contribution is -2.53. The largest absolute Gasteiger partial charge is 0.347 e. The van der Waals surface area contributed by atoms with E-state index in [2.05, 4.69) is 13.0 Å². The Kier molecular flexibility index (Phi) is 3.53. The molecule has 4 aliphatic carbocycles. The molecule has 0 aromatic rings. The summed E-state index contributed by atoms with van der Waals surface area (Å²) in [6.45, 7) is 5.56. The Morgan fingerprint density at radius 1 is 0.808 bits per heavy atom. The number of rotatable bonds is 0. The summed E-state index contributed by atoms with van der Waals surface area (Å²) in [6.07, 6.45) is 12.2. The minimum atomic E-state index is -0.370. The van der Waals surface area contributed by atoms with Gasteiger partial charge in [0.25, 0.3) is 0 Å². The van der Waals surface area contributed by atoms with Crippen LogP contribution in [-0.2, 0) is 18.9 Å². The zero-order chi connectivity index (χ0) is 17.4. The molecule has 6 rings (SSSR count). The molecule has 2 spiro atoms. The maximum atomic E-state index is 6.26. The molecule has 3 saturated carbocycles. The van der Waals surface area contributed by atoms with Crippen molar-refractivity contribution in [3.05, 3.63) is 11.6 Å². The second-order valence-corrected chi connectivity index (χ2v) is 9.79. The van der Waals surface area contributed by atoms with Crippen molar-refractivity contribution in [2.24, 2.45) is 29.1 Å². The highest BCUT2D eigenvalue weighted by molar-refractivity contribution is 5.23. The van der Waals surface area contributed by atoms with E-state index in [-0.39, 0.29) is 17.0 Å². The molecule has 2 heterocycles. The predicted octanol–water partition coefficient (Wildman–Crippen LogP) is 4.05. The van der Waals surface area contributed by atoms with Gasteiger partial charge in [0.05, 0.1) is 26.4 Å². The summed E-state index contributed by atoms with van der Waals surface area (Å²) in [7, 11) is 0. The first-order valence-corrected chi connectivity index (χ1v) is 10.9. The Morgan fingerprint density at radius 3 is 2.38 bits per heavy atom. The van der Waals surface area contributed by atoms with Crippen LogP contribution < -0.4 is 0 Å². The van der Waals surface area contributed by atoms with Crippen LogP contribution in [0.3, 0.4) is 0 Å². The van der Waals surface area contributed by atoms with Crippen molar-refractivity contribution >= 4 is 0 Å².